The van der Waals surface area contributed by atoms with Gasteiger partial charge in [0, 0.05) is 17.2 Å². The molecule has 2 rings (SSSR count). The fourth-order valence-corrected chi connectivity index (χ4v) is 2.37. The van der Waals surface area contributed by atoms with Crippen LogP contribution in [0.1, 0.15) is 12.7 Å². The first-order valence-corrected chi connectivity index (χ1v) is 8.07. The average Bonchev–Trinajstić information content (AvgIpc) is 2.84. The summed E-state index contributed by atoms with van der Waals surface area (Å²) in [5, 5.41) is 3.88. The van der Waals surface area contributed by atoms with Crippen molar-refractivity contribution in [3.05, 3.63) is 35.9 Å². The number of ether oxygens (including phenoxy) is 1. The Balaban J connectivity index is 2.25. The topological polar surface area (TPSA) is 74.1 Å². The lowest BCUT2D eigenvalue weighted by molar-refractivity contribution is 0.258. The average molecular weight is 338 g/mol. The van der Waals surface area contributed by atoms with E-state index < -0.39 is 31.3 Å². The van der Waals surface area contributed by atoms with Gasteiger partial charge in [-0.3, -0.25) is 0 Å². The summed E-state index contributed by atoms with van der Waals surface area (Å²) in [4.78, 5) is 3.21. The van der Waals surface area contributed by atoms with Crippen LogP contribution in [0.25, 0.3) is 0 Å². The summed E-state index contributed by atoms with van der Waals surface area (Å²) in [7, 11) is 0.806. The van der Waals surface area contributed by atoms with Crippen LogP contribution in [0, 0.1) is 11.6 Å². The maximum Gasteiger partial charge on any atom is 0.261 e. The van der Waals surface area contributed by atoms with Crippen LogP contribution in [0.15, 0.2) is 23.4 Å². The molecule has 6 nitrogen and oxygen atoms in total. The van der Waals surface area contributed by atoms with E-state index in [9.17, 15) is 17.2 Å². The summed E-state index contributed by atoms with van der Waals surface area (Å²) in [5.41, 5.74) is 0. The monoisotopic (exact) mass is 337 g/mol. The van der Waals surface area contributed by atoms with E-state index >= 15 is 0 Å². The van der Waals surface area contributed by atoms with E-state index in [2.05, 4.69) is 10.1 Å². The number of nitrogens with zero attached hydrogens (tertiary/aromatic N) is 3. The standard InChI is InChI=1S/C11H10ClF2N3O3S/c1-2-17-10(15-6-16-17)5-20-11-8(13)3-7(4-9(11)14)21(12,18)19/h3-4,6H,2,5H2,1H3. The van der Waals surface area contributed by atoms with Gasteiger partial charge in [0.25, 0.3) is 9.05 Å². The Hall–Kier alpha value is -1.74. The highest BCUT2D eigenvalue weighted by Crippen LogP contribution is 2.27. The second-order valence-electron chi connectivity index (χ2n) is 3.93. The molecule has 0 saturated carbocycles. The third-order valence-electron chi connectivity index (χ3n) is 2.59. The summed E-state index contributed by atoms with van der Waals surface area (Å²) in [6, 6.07) is 1.18. The van der Waals surface area contributed by atoms with Crippen LogP contribution in [-0.4, -0.2) is 23.2 Å². The van der Waals surface area contributed by atoms with Gasteiger partial charge in [-0.1, -0.05) is 0 Å². The molecular formula is C11H10ClF2N3O3S. The largest absolute Gasteiger partial charge is 0.479 e. The zero-order chi connectivity index (χ0) is 15.6. The molecule has 1 aromatic heterocycles. The lowest BCUT2D eigenvalue weighted by atomic mass is 10.3. The van der Waals surface area contributed by atoms with Crippen molar-refractivity contribution in [3.63, 3.8) is 0 Å². The molecule has 0 unspecified atom stereocenters. The van der Waals surface area contributed by atoms with E-state index in [1.807, 2.05) is 6.92 Å². The van der Waals surface area contributed by atoms with Gasteiger partial charge in [0.2, 0.25) is 0 Å². The Kier molecular flexibility index (Phi) is 4.43. The van der Waals surface area contributed by atoms with Crippen LogP contribution in [0.2, 0.25) is 0 Å². The highest BCUT2D eigenvalue weighted by atomic mass is 35.7. The quantitative estimate of drug-likeness (QED) is 0.781. The number of hydrogen-bond donors (Lipinski definition) is 0. The van der Waals surface area contributed by atoms with Gasteiger partial charge >= 0.3 is 0 Å². The van der Waals surface area contributed by atoms with Crippen molar-refractivity contribution in [3.8, 4) is 5.75 Å². The number of halogens is 3. The van der Waals surface area contributed by atoms with Crippen LogP contribution in [0.4, 0.5) is 8.78 Å². The van der Waals surface area contributed by atoms with Gasteiger partial charge in [-0.2, -0.15) is 5.10 Å². The smallest absolute Gasteiger partial charge is 0.261 e. The molecule has 0 saturated heterocycles. The third kappa shape index (κ3) is 3.48. The van der Waals surface area contributed by atoms with E-state index in [4.69, 9.17) is 15.4 Å². The Morgan fingerprint density at radius 1 is 1.33 bits per heavy atom. The van der Waals surface area contributed by atoms with Gasteiger partial charge in [-0.25, -0.2) is 26.9 Å². The molecule has 0 N–H and O–H groups in total. The lowest BCUT2D eigenvalue weighted by Gasteiger charge is -2.09. The fourth-order valence-electron chi connectivity index (χ4n) is 1.62. The summed E-state index contributed by atoms with van der Waals surface area (Å²) in [6.07, 6.45) is 1.29. The van der Waals surface area contributed by atoms with Crippen molar-refractivity contribution >= 4 is 19.7 Å². The number of aryl methyl sites for hydroxylation is 1. The van der Waals surface area contributed by atoms with Crippen LogP contribution >= 0.6 is 10.7 Å². The predicted molar refractivity (Wildman–Crippen MR) is 69.4 cm³/mol. The van der Waals surface area contributed by atoms with Crippen molar-refractivity contribution < 1.29 is 21.9 Å². The van der Waals surface area contributed by atoms with Crippen LogP contribution in [0.5, 0.6) is 5.75 Å². The minimum absolute atomic E-state index is 0.214. The molecule has 0 aliphatic carbocycles. The van der Waals surface area contributed by atoms with Crippen LogP contribution in [-0.2, 0) is 22.2 Å². The van der Waals surface area contributed by atoms with E-state index in [1.165, 1.54) is 11.0 Å². The molecule has 0 fully saturated rings. The minimum Gasteiger partial charge on any atom is -0.479 e. The Bertz CT molecular complexity index is 741. The first-order valence-electron chi connectivity index (χ1n) is 5.76. The summed E-state index contributed by atoms with van der Waals surface area (Å²) >= 11 is 0. The zero-order valence-corrected chi connectivity index (χ0v) is 12.3. The number of hydrogen-bond acceptors (Lipinski definition) is 5. The zero-order valence-electron chi connectivity index (χ0n) is 10.8. The van der Waals surface area contributed by atoms with Gasteiger partial charge in [0.15, 0.2) is 23.2 Å². The second-order valence-corrected chi connectivity index (χ2v) is 6.50. The molecule has 0 atom stereocenters. The van der Waals surface area contributed by atoms with Gasteiger partial charge in [0.1, 0.15) is 12.9 Å². The molecule has 0 spiro atoms. The van der Waals surface area contributed by atoms with E-state index in [-0.39, 0.29) is 6.61 Å². The fraction of sp³-hybridized carbons (Fsp3) is 0.273. The van der Waals surface area contributed by atoms with Gasteiger partial charge < -0.3 is 4.74 Å². The Labute approximate surface area is 123 Å². The summed E-state index contributed by atoms with van der Waals surface area (Å²) in [5.74, 6) is -2.66. The normalized spacial score (nSPS) is 11.6. The predicted octanol–water partition coefficient (Wildman–Crippen LogP) is 2.08. The SMILES string of the molecule is CCn1ncnc1COc1c(F)cc(S(=O)(=O)Cl)cc1F. The van der Waals surface area contributed by atoms with E-state index in [1.54, 1.807) is 0 Å². The minimum atomic E-state index is -4.22. The lowest BCUT2D eigenvalue weighted by Crippen LogP contribution is -2.09. The van der Waals surface area contributed by atoms with E-state index in [0.717, 1.165) is 0 Å². The van der Waals surface area contributed by atoms with Crippen molar-refractivity contribution in [2.24, 2.45) is 0 Å². The van der Waals surface area contributed by atoms with Crippen molar-refractivity contribution in [1.82, 2.24) is 14.8 Å². The number of rotatable bonds is 5. The van der Waals surface area contributed by atoms with Crippen LogP contribution in [0.3, 0.4) is 0 Å². The first kappa shape index (κ1) is 15.6. The third-order valence-corrected chi connectivity index (χ3v) is 3.93. The molecule has 2 aromatic rings. The molecule has 0 bridgehead atoms. The summed E-state index contributed by atoms with van der Waals surface area (Å²) in [6.45, 7) is 2.13. The molecule has 1 aromatic carbocycles. The van der Waals surface area contributed by atoms with E-state index in [0.29, 0.717) is 24.5 Å². The van der Waals surface area contributed by atoms with Gasteiger partial charge in [-0.05, 0) is 19.1 Å². The molecule has 114 valence electrons. The van der Waals surface area contributed by atoms with Gasteiger partial charge in [0.05, 0.1) is 4.90 Å². The molecule has 0 aliphatic heterocycles. The maximum atomic E-state index is 13.7. The maximum absolute atomic E-state index is 13.7. The molecular weight excluding hydrogens is 328 g/mol. The molecule has 0 amide bonds. The molecule has 21 heavy (non-hydrogen) atoms. The summed E-state index contributed by atoms with van der Waals surface area (Å²) < 4.78 is 56.0. The van der Waals surface area contributed by atoms with Crippen molar-refractivity contribution in [2.45, 2.75) is 25.0 Å². The highest BCUT2D eigenvalue weighted by molar-refractivity contribution is 8.13. The molecule has 0 aliphatic rings. The number of benzene rings is 1. The Morgan fingerprint density at radius 2 is 1.95 bits per heavy atom. The molecule has 10 heteroatoms. The van der Waals surface area contributed by atoms with Gasteiger partial charge in [-0.15, -0.1) is 0 Å². The van der Waals surface area contributed by atoms with Crippen LogP contribution < -0.4 is 4.74 Å². The number of aromatic nitrogens is 3. The second kappa shape index (κ2) is 5.94. The molecule has 0 radical (unpaired) electrons. The highest BCUT2D eigenvalue weighted by Gasteiger charge is 2.19. The van der Waals surface area contributed by atoms with Crippen molar-refractivity contribution in [2.75, 3.05) is 0 Å². The molecule has 1 heterocycles. The van der Waals surface area contributed by atoms with Crippen molar-refractivity contribution in [1.29, 1.82) is 0 Å². The first-order chi connectivity index (χ1) is 9.82. The Morgan fingerprint density at radius 3 is 2.48 bits per heavy atom.